The quantitative estimate of drug-likeness (QED) is 0.591. The summed E-state index contributed by atoms with van der Waals surface area (Å²) >= 11 is 12.0. The predicted octanol–water partition coefficient (Wildman–Crippen LogP) is 4.00. The lowest BCUT2D eigenvalue weighted by Crippen LogP contribution is -2.36. The molecular formula is C21H19Cl2N3O3. The Labute approximate surface area is 178 Å². The number of hydrogen-bond donors (Lipinski definition) is 0. The zero-order chi connectivity index (χ0) is 21.0. The lowest BCUT2D eigenvalue weighted by atomic mass is 10.2. The van der Waals surface area contributed by atoms with Crippen LogP contribution in [0.2, 0.25) is 10.0 Å². The molecule has 1 amide bonds. The highest BCUT2D eigenvalue weighted by Gasteiger charge is 2.19. The van der Waals surface area contributed by atoms with Crippen molar-refractivity contribution in [2.24, 2.45) is 0 Å². The molecule has 0 aliphatic heterocycles. The first-order valence-electron chi connectivity index (χ1n) is 8.86. The maximum atomic E-state index is 12.8. The largest absolute Gasteiger partial charge is 0.490 e. The molecular weight excluding hydrogens is 413 g/mol. The van der Waals surface area contributed by atoms with Crippen LogP contribution in [0.1, 0.15) is 16.2 Å². The van der Waals surface area contributed by atoms with Gasteiger partial charge in [0.2, 0.25) is 5.43 Å². The van der Waals surface area contributed by atoms with Gasteiger partial charge in [0.15, 0.2) is 5.69 Å². The van der Waals surface area contributed by atoms with Gasteiger partial charge >= 0.3 is 0 Å². The number of carbonyl (C=O) groups is 1. The average Bonchev–Trinajstić information content (AvgIpc) is 2.70. The predicted molar refractivity (Wildman–Crippen MR) is 113 cm³/mol. The van der Waals surface area contributed by atoms with Crippen molar-refractivity contribution >= 4 is 29.1 Å². The van der Waals surface area contributed by atoms with Crippen molar-refractivity contribution in [3.8, 4) is 11.4 Å². The number of halogens is 2. The van der Waals surface area contributed by atoms with Crippen LogP contribution in [0.25, 0.3) is 5.69 Å². The number of hydrogen-bond acceptors (Lipinski definition) is 4. The number of aromatic nitrogens is 2. The molecule has 0 bridgehead atoms. The summed E-state index contributed by atoms with van der Waals surface area (Å²) in [6, 6.07) is 15.4. The summed E-state index contributed by atoms with van der Waals surface area (Å²) in [5.74, 6) is 0.0500. The zero-order valence-electron chi connectivity index (χ0n) is 15.9. The van der Waals surface area contributed by atoms with Crippen LogP contribution in [0.4, 0.5) is 0 Å². The Morgan fingerprint density at radius 2 is 1.83 bits per heavy atom. The number of para-hydroxylation sites is 1. The fraction of sp³-hybridized carbons (Fsp3) is 0.190. The second-order valence-electron chi connectivity index (χ2n) is 6.39. The molecule has 1 aromatic heterocycles. The Balaban J connectivity index is 1.75. The van der Waals surface area contributed by atoms with Crippen LogP contribution in [0.15, 0.2) is 59.4 Å². The summed E-state index contributed by atoms with van der Waals surface area (Å²) in [6.45, 7) is 2.24. The Bertz CT molecular complexity index is 1080. The molecule has 0 atom stereocenters. The highest BCUT2D eigenvalue weighted by Crippen LogP contribution is 2.22. The first kappa shape index (κ1) is 20.9. The molecule has 150 valence electrons. The third-order valence-corrected chi connectivity index (χ3v) is 4.81. The van der Waals surface area contributed by atoms with E-state index in [0.717, 1.165) is 0 Å². The normalized spacial score (nSPS) is 10.6. The van der Waals surface area contributed by atoms with Gasteiger partial charge in [-0.05, 0) is 43.3 Å². The van der Waals surface area contributed by atoms with Crippen molar-refractivity contribution < 1.29 is 9.53 Å². The maximum Gasteiger partial charge on any atom is 0.278 e. The van der Waals surface area contributed by atoms with Crippen LogP contribution in [0, 0.1) is 6.92 Å². The molecule has 0 spiro atoms. The van der Waals surface area contributed by atoms with Gasteiger partial charge in [-0.25, -0.2) is 4.68 Å². The van der Waals surface area contributed by atoms with Gasteiger partial charge in [0.1, 0.15) is 12.4 Å². The summed E-state index contributed by atoms with van der Waals surface area (Å²) in [5, 5.41) is 5.36. The molecule has 0 aliphatic rings. The number of aryl methyl sites for hydroxylation is 1. The van der Waals surface area contributed by atoms with Crippen molar-refractivity contribution in [1.82, 2.24) is 14.7 Å². The van der Waals surface area contributed by atoms with Crippen LogP contribution >= 0.6 is 23.2 Å². The zero-order valence-corrected chi connectivity index (χ0v) is 17.4. The van der Waals surface area contributed by atoms with E-state index in [1.807, 2.05) is 6.07 Å². The minimum Gasteiger partial charge on any atom is -0.490 e. The molecule has 0 radical (unpaired) electrons. The summed E-state index contributed by atoms with van der Waals surface area (Å²) in [5.41, 5.74) is 0.714. The third kappa shape index (κ3) is 4.96. The fourth-order valence-electron chi connectivity index (χ4n) is 2.68. The fourth-order valence-corrected chi connectivity index (χ4v) is 2.99. The number of rotatable bonds is 6. The molecule has 0 N–H and O–H groups in total. The average molecular weight is 432 g/mol. The summed E-state index contributed by atoms with van der Waals surface area (Å²) in [4.78, 5) is 26.5. The first-order valence-corrected chi connectivity index (χ1v) is 9.62. The number of carbonyl (C=O) groups excluding carboxylic acids is 1. The number of benzene rings is 2. The van der Waals surface area contributed by atoms with E-state index in [1.165, 1.54) is 11.0 Å². The lowest BCUT2D eigenvalue weighted by Gasteiger charge is -2.18. The van der Waals surface area contributed by atoms with E-state index >= 15 is 0 Å². The second-order valence-corrected chi connectivity index (χ2v) is 7.24. The number of likely N-dealkylation sites (N-methyl/N-ethyl adjacent to an activating group) is 1. The Morgan fingerprint density at radius 1 is 1.14 bits per heavy atom. The third-order valence-electron chi connectivity index (χ3n) is 4.25. The second kappa shape index (κ2) is 9.11. The molecule has 2 aromatic carbocycles. The molecule has 0 aliphatic carbocycles. The van der Waals surface area contributed by atoms with Crippen LogP contribution in [-0.2, 0) is 0 Å². The standard InChI is InChI=1S/C21H19Cl2N3O3/c1-14-13-18(27)20(24-26(14)16-9-7-15(22)8-10-16)21(28)25(2)11-12-29-19-6-4-3-5-17(19)23/h3-10,13H,11-12H2,1-2H3. The van der Waals surface area contributed by atoms with E-state index in [1.54, 1.807) is 61.1 Å². The van der Waals surface area contributed by atoms with Crippen molar-refractivity contribution in [3.05, 3.63) is 86.3 Å². The van der Waals surface area contributed by atoms with Gasteiger partial charge in [-0.2, -0.15) is 5.10 Å². The summed E-state index contributed by atoms with van der Waals surface area (Å²) in [7, 11) is 1.59. The summed E-state index contributed by atoms with van der Waals surface area (Å²) in [6.07, 6.45) is 0. The van der Waals surface area contributed by atoms with E-state index < -0.39 is 11.3 Å². The van der Waals surface area contributed by atoms with Crippen molar-refractivity contribution in [2.75, 3.05) is 20.2 Å². The molecule has 29 heavy (non-hydrogen) atoms. The molecule has 3 rings (SSSR count). The van der Waals surface area contributed by atoms with Gasteiger partial charge in [-0.3, -0.25) is 9.59 Å². The summed E-state index contributed by atoms with van der Waals surface area (Å²) < 4.78 is 7.15. The van der Waals surface area contributed by atoms with Gasteiger partial charge in [-0.15, -0.1) is 0 Å². The number of nitrogens with zero attached hydrogens (tertiary/aromatic N) is 3. The van der Waals surface area contributed by atoms with Crippen molar-refractivity contribution in [2.45, 2.75) is 6.92 Å². The Morgan fingerprint density at radius 3 is 2.52 bits per heavy atom. The number of amides is 1. The Hall–Kier alpha value is -2.83. The Kier molecular flexibility index (Phi) is 6.56. The SMILES string of the molecule is Cc1cc(=O)c(C(=O)N(C)CCOc2ccccc2Cl)nn1-c1ccc(Cl)cc1. The molecule has 6 nitrogen and oxygen atoms in total. The highest BCUT2D eigenvalue weighted by atomic mass is 35.5. The molecule has 3 aromatic rings. The van der Waals surface area contributed by atoms with Gasteiger partial charge < -0.3 is 9.64 Å². The minimum atomic E-state index is -0.486. The highest BCUT2D eigenvalue weighted by molar-refractivity contribution is 6.32. The van der Waals surface area contributed by atoms with Crippen molar-refractivity contribution in [1.29, 1.82) is 0 Å². The smallest absolute Gasteiger partial charge is 0.278 e. The topological polar surface area (TPSA) is 64.4 Å². The van der Waals surface area contributed by atoms with E-state index in [0.29, 0.717) is 27.2 Å². The minimum absolute atomic E-state index is 0.161. The van der Waals surface area contributed by atoms with Crippen LogP contribution < -0.4 is 10.2 Å². The van der Waals surface area contributed by atoms with E-state index in [-0.39, 0.29) is 18.8 Å². The van der Waals surface area contributed by atoms with Gasteiger partial charge in [0.25, 0.3) is 5.91 Å². The van der Waals surface area contributed by atoms with E-state index in [2.05, 4.69) is 5.10 Å². The van der Waals surface area contributed by atoms with Gasteiger partial charge in [0.05, 0.1) is 17.3 Å². The lowest BCUT2D eigenvalue weighted by molar-refractivity contribution is 0.0764. The van der Waals surface area contributed by atoms with Crippen molar-refractivity contribution in [3.63, 3.8) is 0 Å². The van der Waals surface area contributed by atoms with Crippen LogP contribution in [-0.4, -0.2) is 40.8 Å². The maximum absolute atomic E-state index is 12.8. The monoisotopic (exact) mass is 431 g/mol. The molecule has 0 unspecified atom stereocenters. The van der Waals surface area contributed by atoms with Gasteiger partial charge in [-0.1, -0.05) is 35.3 Å². The van der Waals surface area contributed by atoms with Crippen LogP contribution in [0.3, 0.4) is 0 Å². The molecule has 0 saturated heterocycles. The van der Waals surface area contributed by atoms with E-state index in [4.69, 9.17) is 27.9 Å². The number of ether oxygens (including phenoxy) is 1. The molecule has 0 fully saturated rings. The molecule has 0 saturated carbocycles. The molecule has 8 heteroatoms. The molecule has 1 heterocycles. The van der Waals surface area contributed by atoms with Crippen LogP contribution in [0.5, 0.6) is 5.75 Å². The van der Waals surface area contributed by atoms with Gasteiger partial charge in [0, 0.05) is 23.8 Å². The first-order chi connectivity index (χ1) is 13.9. The van der Waals surface area contributed by atoms with E-state index in [9.17, 15) is 9.59 Å².